The van der Waals surface area contributed by atoms with Gasteiger partial charge >= 0.3 is 0 Å². The maximum atomic E-state index is 6.22. The van der Waals surface area contributed by atoms with Crippen LogP contribution in [0.3, 0.4) is 0 Å². The highest BCUT2D eigenvalue weighted by molar-refractivity contribution is 6.30. The summed E-state index contributed by atoms with van der Waals surface area (Å²) in [6, 6.07) is 17.6. The first-order valence-corrected chi connectivity index (χ1v) is 11.6. The van der Waals surface area contributed by atoms with Gasteiger partial charge in [-0.05, 0) is 24.3 Å². The van der Waals surface area contributed by atoms with Gasteiger partial charge in [-0.15, -0.1) is 0 Å². The zero-order valence-corrected chi connectivity index (χ0v) is 19.3. The van der Waals surface area contributed by atoms with Crippen molar-refractivity contribution in [3.8, 4) is 0 Å². The van der Waals surface area contributed by atoms with Gasteiger partial charge in [-0.3, -0.25) is 0 Å². The van der Waals surface area contributed by atoms with Crippen molar-refractivity contribution >= 4 is 23.2 Å². The second-order valence-corrected chi connectivity index (χ2v) is 9.81. The van der Waals surface area contributed by atoms with Gasteiger partial charge in [0.1, 0.15) is 12.1 Å². The molecule has 4 unspecified atom stereocenters. The van der Waals surface area contributed by atoms with Crippen LogP contribution < -0.4 is 9.80 Å². The molecule has 0 radical (unpaired) electrons. The van der Waals surface area contributed by atoms with Crippen LogP contribution in [0.1, 0.15) is 45.7 Å². The predicted octanol–water partition coefficient (Wildman–Crippen LogP) is 2.65. The second-order valence-electron chi connectivity index (χ2n) is 8.94. The summed E-state index contributed by atoms with van der Waals surface area (Å²) in [5.74, 6) is 0. The first kappa shape index (κ1) is 20.1. The van der Waals surface area contributed by atoms with Crippen molar-refractivity contribution in [2.45, 2.75) is 24.9 Å². The number of nitrogens with zero attached hydrogens (tertiary/aromatic N) is 1. The van der Waals surface area contributed by atoms with Crippen LogP contribution in [0.15, 0.2) is 48.5 Å². The molecule has 3 nitrogen and oxygen atoms in total. The molecule has 0 aliphatic carbocycles. The van der Waals surface area contributed by atoms with Crippen LogP contribution in [-0.2, 0) is 19.9 Å². The third-order valence-corrected chi connectivity index (χ3v) is 7.71. The molecule has 3 aromatic rings. The van der Waals surface area contributed by atoms with Gasteiger partial charge in [0.05, 0.1) is 27.2 Å². The maximum Gasteiger partial charge on any atom is 0.141 e. The number of quaternary nitrogens is 2. The zero-order chi connectivity index (χ0) is 21.0. The number of fused-ring (bicyclic) bond motifs is 3. The fraction of sp³-hybridized carbons (Fsp3) is 0.360. The predicted molar refractivity (Wildman–Crippen MR) is 123 cm³/mol. The highest BCUT2D eigenvalue weighted by atomic mass is 35.5. The van der Waals surface area contributed by atoms with E-state index in [0.717, 1.165) is 36.0 Å². The average Bonchev–Trinajstić information content (AvgIpc) is 3.02. The first-order valence-electron chi connectivity index (χ1n) is 10.8. The Morgan fingerprint density at radius 2 is 1.07 bits per heavy atom. The van der Waals surface area contributed by atoms with Crippen LogP contribution in [-0.4, -0.2) is 31.8 Å². The lowest BCUT2D eigenvalue weighted by molar-refractivity contribution is -0.912. The molecule has 0 amide bonds. The van der Waals surface area contributed by atoms with Crippen molar-refractivity contribution in [1.82, 2.24) is 4.57 Å². The minimum absolute atomic E-state index is 0.335. The topological polar surface area (TPSA) is 13.8 Å². The Morgan fingerprint density at radius 1 is 0.700 bits per heavy atom. The standard InChI is InChI=1S/C25H27Cl2N3/c1-28-14-12-20-22(24(28)16-4-8-18(26)9-5-16)23-21(30(20)3)13-15-29(2)25(23)17-6-10-19(27)11-7-17/h4-11,24-25H,12-15H2,1-3H3/p+2. The van der Waals surface area contributed by atoms with E-state index in [2.05, 4.69) is 50.0 Å². The van der Waals surface area contributed by atoms with Crippen LogP contribution in [0, 0.1) is 0 Å². The fourth-order valence-electron chi connectivity index (χ4n) is 5.71. The van der Waals surface area contributed by atoms with Crippen molar-refractivity contribution in [1.29, 1.82) is 0 Å². The Kier molecular flexibility index (Phi) is 5.19. The summed E-state index contributed by atoms with van der Waals surface area (Å²) in [5.41, 5.74) is 8.81. The summed E-state index contributed by atoms with van der Waals surface area (Å²) >= 11 is 12.4. The summed E-state index contributed by atoms with van der Waals surface area (Å²) in [6.45, 7) is 2.29. The van der Waals surface area contributed by atoms with Gasteiger partial charge in [-0.1, -0.05) is 47.5 Å². The maximum absolute atomic E-state index is 6.22. The second kappa shape index (κ2) is 7.72. The molecule has 3 heterocycles. The van der Waals surface area contributed by atoms with Gasteiger partial charge < -0.3 is 14.4 Å². The zero-order valence-electron chi connectivity index (χ0n) is 17.8. The molecule has 156 valence electrons. The van der Waals surface area contributed by atoms with E-state index in [1.165, 1.54) is 33.6 Å². The third-order valence-electron chi connectivity index (χ3n) is 7.20. The average molecular weight is 442 g/mol. The summed E-state index contributed by atoms with van der Waals surface area (Å²) in [4.78, 5) is 3.10. The van der Waals surface area contributed by atoms with Gasteiger partial charge in [0.15, 0.2) is 0 Å². The van der Waals surface area contributed by atoms with E-state index in [-0.39, 0.29) is 0 Å². The van der Waals surface area contributed by atoms with E-state index in [1.807, 2.05) is 24.3 Å². The highest BCUT2D eigenvalue weighted by Crippen LogP contribution is 2.39. The van der Waals surface area contributed by atoms with Gasteiger partial charge in [0, 0.05) is 63.6 Å². The number of halogens is 2. The van der Waals surface area contributed by atoms with Gasteiger partial charge in [-0.2, -0.15) is 0 Å². The van der Waals surface area contributed by atoms with Crippen LogP contribution in [0.5, 0.6) is 0 Å². The van der Waals surface area contributed by atoms with E-state index in [9.17, 15) is 0 Å². The van der Waals surface area contributed by atoms with Crippen LogP contribution >= 0.6 is 23.2 Å². The molecule has 0 bridgehead atoms. The lowest BCUT2D eigenvalue weighted by atomic mass is 9.83. The number of benzene rings is 2. The van der Waals surface area contributed by atoms with E-state index < -0.39 is 0 Å². The van der Waals surface area contributed by atoms with E-state index in [0.29, 0.717) is 12.1 Å². The number of hydrogen-bond acceptors (Lipinski definition) is 0. The molecule has 2 N–H and O–H groups in total. The largest absolute Gasteiger partial charge is 0.350 e. The van der Waals surface area contributed by atoms with Gasteiger partial charge in [0.25, 0.3) is 0 Å². The quantitative estimate of drug-likeness (QED) is 0.607. The Bertz CT molecular complexity index is 984. The Balaban J connectivity index is 1.73. The molecule has 30 heavy (non-hydrogen) atoms. The fourth-order valence-corrected chi connectivity index (χ4v) is 5.96. The summed E-state index contributed by atoms with van der Waals surface area (Å²) in [5, 5.41) is 1.59. The van der Waals surface area contributed by atoms with Crippen LogP contribution in [0.25, 0.3) is 0 Å². The molecule has 1 aromatic heterocycles. The monoisotopic (exact) mass is 441 g/mol. The van der Waals surface area contributed by atoms with Gasteiger partial charge in [0.2, 0.25) is 0 Å². The van der Waals surface area contributed by atoms with Crippen molar-refractivity contribution < 1.29 is 9.80 Å². The molecule has 5 heteroatoms. The summed E-state index contributed by atoms with van der Waals surface area (Å²) in [6.07, 6.45) is 2.25. The van der Waals surface area contributed by atoms with Crippen molar-refractivity contribution in [2.75, 3.05) is 27.2 Å². The third kappa shape index (κ3) is 3.20. The van der Waals surface area contributed by atoms with E-state index >= 15 is 0 Å². The van der Waals surface area contributed by atoms with Gasteiger partial charge in [-0.25, -0.2) is 0 Å². The Hall–Kier alpha value is -1.78. The minimum Gasteiger partial charge on any atom is -0.350 e. The molecule has 2 aliphatic rings. The van der Waals surface area contributed by atoms with Crippen LogP contribution in [0.4, 0.5) is 0 Å². The molecule has 2 aromatic carbocycles. The number of likely N-dealkylation sites (N-methyl/N-ethyl adjacent to an activating group) is 2. The molecule has 0 saturated carbocycles. The molecule has 5 rings (SSSR count). The molecular weight excluding hydrogens is 413 g/mol. The molecule has 0 saturated heterocycles. The summed E-state index contributed by atoms with van der Waals surface area (Å²) < 4.78 is 2.51. The number of nitrogens with one attached hydrogen (secondary N) is 2. The Labute approximate surface area is 188 Å². The smallest absolute Gasteiger partial charge is 0.141 e. The molecule has 4 atom stereocenters. The lowest BCUT2D eigenvalue weighted by Gasteiger charge is -2.35. The molecule has 2 aliphatic heterocycles. The van der Waals surface area contributed by atoms with Crippen molar-refractivity contribution in [3.05, 3.63) is 92.2 Å². The number of rotatable bonds is 2. The minimum atomic E-state index is 0.335. The SMILES string of the molecule is Cn1c2c(c3c1CC[NH+](C)C3c1ccc(Cl)cc1)C(c1ccc(Cl)cc1)[NH+](C)CC2. The van der Waals surface area contributed by atoms with Crippen molar-refractivity contribution in [2.24, 2.45) is 7.05 Å². The van der Waals surface area contributed by atoms with Crippen molar-refractivity contribution in [3.63, 3.8) is 0 Å². The molecule has 0 spiro atoms. The first-order chi connectivity index (χ1) is 14.5. The van der Waals surface area contributed by atoms with Crippen LogP contribution in [0.2, 0.25) is 10.0 Å². The number of aromatic nitrogens is 1. The molecular formula is C25H29Cl2N3+2. The lowest BCUT2D eigenvalue weighted by Crippen LogP contribution is -3.11. The van der Waals surface area contributed by atoms with E-state index in [1.54, 1.807) is 9.80 Å². The Morgan fingerprint density at radius 3 is 1.43 bits per heavy atom. The number of hydrogen-bond donors (Lipinski definition) is 2. The normalized spacial score (nSPS) is 25.6. The summed E-state index contributed by atoms with van der Waals surface area (Å²) in [7, 11) is 6.94. The van der Waals surface area contributed by atoms with E-state index in [4.69, 9.17) is 23.2 Å². The highest BCUT2D eigenvalue weighted by Gasteiger charge is 2.43. The molecule has 0 fully saturated rings.